The molecule has 1 unspecified atom stereocenters. The van der Waals surface area contributed by atoms with Crippen LogP contribution in [-0.2, 0) is 6.54 Å². The number of likely N-dealkylation sites (N-methyl/N-ethyl adjacent to an activating group) is 1. The second kappa shape index (κ2) is 7.70. The van der Waals surface area contributed by atoms with Crippen molar-refractivity contribution in [3.8, 4) is 5.75 Å². The first kappa shape index (κ1) is 17.5. The molecular formula is C19H27N5O. The summed E-state index contributed by atoms with van der Waals surface area (Å²) in [5.41, 5.74) is 1.32. The highest BCUT2D eigenvalue weighted by Gasteiger charge is 2.26. The Hall–Kier alpha value is -2.34. The Bertz CT molecular complexity index is 688. The molecule has 1 fully saturated rings. The predicted octanol–water partition coefficient (Wildman–Crippen LogP) is 2.26. The number of aromatic nitrogens is 2. The number of hydrogen-bond donors (Lipinski definition) is 0. The lowest BCUT2D eigenvalue weighted by atomic mass is 10.2. The van der Waals surface area contributed by atoms with E-state index in [4.69, 9.17) is 4.74 Å². The highest BCUT2D eigenvalue weighted by atomic mass is 16.5. The predicted molar refractivity (Wildman–Crippen MR) is 101 cm³/mol. The minimum absolute atomic E-state index is 0.475. The number of nitrogens with zero attached hydrogens (tertiary/aromatic N) is 5. The van der Waals surface area contributed by atoms with E-state index >= 15 is 0 Å². The molecule has 0 radical (unpaired) electrons. The standard InChI is InChI=1S/C19H27N5O/c1-22(2)19-20-11-9-18(21-19)23(3)16-10-12-24(14-16)13-15-5-7-17(25-4)8-6-15/h5-9,11,16H,10,12-14H2,1-4H3. The minimum Gasteiger partial charge on any atom is -0.497 e. The largest absolute Gasteiger partial charge is 0.497 e. The first-order chi connectivity index (χ1) is 12.1. The lowest BCUT2D eigenvalue weighted by Gasteiger charge is -2.26. The van der Waals surface area contributed by atoms with Crippen LogP contribution in [0.2, 0.25) is 0 Å². The summed E-state index contributed by atoms with van der Waals surface area (Å²) >= 11 is 0. The molecule has 3 rings (SSSR count). The molecule has 0 amide bonds. The number of benzene rings is 1. The SMILES string of the molecule is COc1ccc(CN2CCC(N(C)c3ccnc(N(C)C)n3)C2)cc1. The molecule has 6 nitrogen and oxygen atoms in total. The van der Waals surface area contributed by atoms with Crippen LogP contribution in [0, 0.1) is 0 Å². The first-order valence-corrected chi connectivity index (χ1v) is 8.65. The van der Waals surface area contributed by atoms with Gasteiger partial charge in [-0.1, -0.05) is 12.1 Å². The van der Waals surface area contributed by atoms with E-state index in [1.54, 1.807) is 7.11 Å². The van der Waals surface area contributed by atoms with E-state index in [-0.39, 0.29) is 0 Å². The lowest BCUT2D eigenvalue weighted by molar-refractivity contribution is 0.325. The van der Waals surface area contributed by atoms with E-state index in [9.17, 15) is 0 Å². The van der Waals surface area contributed by atoms with Crippen molar-refractivity contribution in [2.24, 2.45) is 0 Å². The Labute approximate surface area is 150 Å². The summed E-state index contributed by atoms with van der Waals surface area (Å²) in [5.74, 6) is 2.63. The zero-order chi connectivity index (χ0) is 17.8. The van der Waals surface area contributed by atoms with Crippen LogP contribution >= 0.6 is 0 Å². The van der Waals surface area contributed by atoms with Crippen molar-refractivity contribution in [1.29, 1.82) is 0 Å². The van der Waals surface area contributed by atoms with Crippen LogP contribution < -0.4 is 14.5 Å². The summed E-state index contributed by atoms with van der Waals surface area (Å²) in [6.45, 7) is 3.12. The number of ether oxygens (including phenoxy) is 1. The van der Waals surface area contributed by atoms with Gasteiger partial charge in [-0.2, -0.15) is 4.98 Å². The third-order valence-corrected chi connectivity index (χ3v) is 4.75. The van der Waals surface area contributed by atoms with Crippen molar-refractivity contribution >= 4 is 11.8 Å². The fourth-order valence-corrected chi connectivity index (χ4v) is 3.20. The monoisotopic (exact) mass is 341 g/mol. The van der Waals surface area contributed by atoms with Crippen LogP contribution in [0.3, 0.4) is 0 Å². The summed E-state index contributed by atoms with van der Waals surface area (Å²) < 4.78 is 5.23. The van der Waals surface area contributed by atoms with Crippen LogP contribution in [0.4, 0.5) is 11.8 Å². The van der Waals surface area contributed by atoms with Gasteiger partial charge in [-0.25, -0.2) is 4.98 Å². The minimum atomic E-state index is 0.475. The molecule has 0 N–H and O–H groups in total. The van der Waals surface area contributed by atoms with Gasteiger partial charge in [0.2, 0.25) is 5.95 Å². The van der Waals surface area contributed by atoms with E-state index < -0.39 is 0 Å². The van der Waals surface area contributed by atoms with Crippen molar-refractivity contribution in [2.45, 2.75) is 19.0 Å². The second-order valence-corrected chi connectivity index (χ2v) is 6.75. The van der Waals surface area contributed by atoms with Crippen LogP contribution in [0.15, 0.2) is 36.5 Å². The normalized spacial score (nSPS) is 17.5. The maximum atomic E-state index is 5.23. The van der Waals surface area contributed by atoms with Crippen molar-refractivity contribution in [2.75, 3.05) is 51.1 Å². The number of likely N-dealkylation sites (tertiary alicyclic amines) is 1. The van der Waals surface area contributed by atoms with Gasteiger partial charge < -0.3 is 14.5 Å². The van der Waals surface area contributed by atoms with Crippen LogP contribution in [0.5, 0.6) is 5.75 Å². The zero-order valence-electron chi connectivity index (χ0n) is 15.5. The van der Waals surface area contributed by atoms with E-state index in [1.165, 1.54) is 5.56 Å². The van der Waals surface area contributed by atoms with Crippen molar-refractivity contribution in [1.82, 2.24) is 14.9 Å². The molecule has 6 heteroatoms. The molecule has 1 atom stereocenters. The van der Waals surface area contributed by atoms with Crippen LogP contribution in [0.25, 0.3) is 0 Å². The number of rotatable bonds is 6. The van der Waals surface area contributed by atoms with E-state index in [0.717, 1.165) is 43.6 Å². The van der Waals surface area contributed by atoms with Gasteiger partial charge in [-0.3, -0.25) is 4.90 Å². The number of anilines is 2. The molecule has 2 aromatic rings. The highest BCUT2D eigenvalue weighted by molar-refractivity contribution is 5.43. The fourth-order valence-electron chi connectivity index (χ4n) is 3.20. The Morgan fingerprint density at radius 3 is 2.60 bits per heavy atom. The Morgan fingerprint density at radius 1 is 1.16 bits per heavy atom. The maximum Gasteiger partial charge on any atom is 0.226 e. The van der Waals surface area contributed by atoms with E-state index in [1.807, 2.05) is 43.4 Å². The summed E-state index contributed by atoms with van der Waals surface area (Å²) in [7, 11) is 7.75. The smallest absolute Gasteiger partial charge is 0.226 e. The van der Waals surface area contributed by atoms with Gasteiger partial charge in [0.05, 0.1) is 7.11 Å². The molecule has 0 bridgehead atoms. The van der Waals surface area contributed by atoms with E-state index in [2.05, 4.69) is 38.9 Å². The zero-order valence-corrected chi connectivity index (χ0v) is 15.5. The van der Waals surface area contributed by atoms with Crippen LogP contribution in [0.1, 0.15) is 12.0 Å². The molecule has 1 aliphatic rings. The van der Waals surface area contributed by atoms with E-state index in [0.29, 0.717) is 6.04 Å². The summed E-state index contributed by atoms with van der Waals surface area (Å²) in [4.78, 5) is 15.7. The molecule has 25 heavy (non-hydrogen) atoms. The average Bonchev–Trinajstić information content (AvgIpc) is 3.10. The fraction of sp³-hybridized carbons (Fsp3) is 0.474. The van der Waals surface area contributed by atoms with Gasteiger partial charge in [0.25, 0.3) is 0 Å². The third-order valence-electron chi connectivity index (χ3n) is 4.75. The van der Waals surface area contributed by atoms with Crippen molar-refractivity contribution in [3.05, 3.63) is 42.1 Å². The highest BCUT2D eigenvalue weighted by Crippen LogP contribution is 2.22. The average molecular weight is 341 g/mol. The lowest BCUT2D eigenvalue weighted by Crippen LogP contribution is -2.35. The molecule has 2 heterocycles. The van der Waals surface area contributed by atoms with Gasteiger partial charge in [-0.15, -0.1) is 0 Å². The Kier molecular flexibility index (Phi) is 5.38. The Morgan fingerprint density at radius 2 is 1.92 bits per heavy atom. The molecule has 0 spiro atoms. The molecule has 1 aromatic carbocycles. The second-order valence-electron chi connectivity index (χ2n) is 6.75. The van der Waals surface area contributed by atoms with Gasteiger partial charge >= 0.3 is 0 Å². The molecule has 1 saturated heterocycles. The Balaban J connectivity index is 1.60. The maximum absolute atomic E-state index is 5.23. The first-order valence-electron chi connectivity index (χ1n) is 8.65. The topological polar surface area (TPSA) is 44.7 Å². The molecule has 1 aromatic heterocycles. The molecule has 0 saturated carbocycles. The summed E-state index contributed by atoms with van der Waals surface area (Å²) in [6, 6.07) is 10.8. The number of methoxy groups -OCH3 is 1. The van der Waals surface area contributed by atoms with Gasteiger partial charge in [0.1, 0.15) is 11.6 Å². The van der Waals surface area contributed by atoms with Crippen LogP contribution in [-0.4, -0.2) is 62.3 Å². The quantitative estimate of drug-likeness (QED) is 0.803. The third kappa shape index (κ3) is 4.20. The molecule has 0 aliphatic carbocycles. The van der Waals surface area contributed by atoms with Gasteiger partial charge in [0, 0.05) is 53.0 Å². The molecule has 134 valence electrons. The number of hydrogen-bond acceptors (Lipinski definition) is 6. The molecule has 1 aliphatic heterocycles. The molecular weight excluding hydrogens is 314 g/mol. The van der Waals surface area contributed by atoms with Crippen molar-refractivity contribution < 1.29 is 4.74 Å². The summed E-state index contributed by atoms with van der Waals surface area (Å²) in [5, 5.41) is 0. The van der Waals surface area contributed by atoms with Gasteiger partial charge in [-0.05, 0) is 30.2 Å². The van der Waals surface area contributed by atoms with Gasteiger partial charge in [0.15, 0.2) is 0 Å². The summed E-state index contributed by atoms with van der Waals surface area (Å²) in [6.07, 6.45) is 2.98. The van der Waals surface area contributed by atoms with Crippen molar-refractivity contribution in [3.63, 3.8) is 0 Å².